The summed E-state index contributed by atoms with van der Waals surface area (Å²) in [6.45, 7) is 4.25. The summed E-state index contributed by atoms with van der Waals surface area (Å²) in [5, 5.41) is 8.92. The second kappa shape index (κ2) is 16.8. The van der Waals surface area contributed by atoms with Crippen molar-refractivity contribution in [1.29, 1.82) is 0 Å². The van der Waals surface area contributed by atoms with Crippen LogP contribution in [0.5, 0.6) is 0 Å². The molecule has 0 aromatic heterocycles. The maximum absolute atomic E-state index is 12.3. The average molecular weight is 523 g/mol. The third-order valence-corrected chi connectivity index (χ3v) is 6.10. The van der Waals surface area contributed by atoms with Crippen molar-refractivity contribution in [2.24, 2.45) is 0 Å². The molecule has 0 saturated heterocycles. The van der Waals surface area contributed by atoms with Gasteiger partial charge in [-0.05, 0) is 37.7 Å². The smallest absolute Gasteiger partial charge is 0.228 e. The first-order valence-electron chi connectivity index (χ1n) is 11.7. The second-order valence-electron chi connectivity index (χ2n) is 8.29. The molecule has 182 valence electrons. The first-order valence-corrected chi connectivity index (χ1v) is 13.3. The summed E-state index contributed by atoms with van der Waals surface area (Å²) in [5.41, 5.74) is 1.95. The number of rotatable bonds is 15. The monoisotopic (exact) mass is 521 g/mol. The Labute approximate surface area is 214 Å². The Morgan fingerprint density at radius 2 is 1.38 bits per heavy atom. The van der Waals surface area contributed by atoms with Crippen LogP contribution >= 0.6 is 47.0 Å². The fourth-order valence-electron chi connectivity index (χ4n) is 3.32. The maximum atomic E-state index is 12.3. The van der Waals surface area contributed by atoms with E-state index < -0.39 is 9.96 Å². The number of carbonyl (C=O) groups excluding carboxylic acids is 1. The van der Waals surface area contributed by atoms with Gasteiger partial charge in [0, 0.05) is 12.1 Å². The maximum Gasteiger partial charge on any atom is 0.228 e. The number of halogens is 3. The van der Waals surface area contributed by atoms with Crippen molar-refractivity contribution in [2.45, 2.75) is 101 Å². The Kier molecular flexibility index (Phi) is 15.4. The van der Waals surface area contributed by atoms with E-state index >= 15 is 0 Å². The third kappa shape index (κ3) is 14.4. The molecule has 0 aliphatic rings. The number of hydrogen-bond acceptors (Lipinski definition) is 2. The van der Waals surface area contributed by atoms with Gasteiger partial charge in [-0.1, -0.05) is 124 Å². The quantitative estimate of drug-likeness (QED) is 0.0952. The summed E-state index contributed by atoms with van der Waals surface area (Å²) in [4.78, 5) is 12.3. The molecule has 0 fully saturated rings. The van der Waals surface area contributed by atoms with E-state index in [2.05, 4.69) is 22.9 Å². The molecule has 0 spiro atoms. The Balaban J connectivity index is 2.25. The lowest BCUT2D eigenvalue weighted by molar-refractivity contribution is -0.122. The fraction of sp³-hybridized carbons (Fsp3) is 0.667. The molecule has 1 rings (SSSR count). The molecule has 1 amide bonds. The van der Waals surface area contributed by atoms with Crippen LogP contribution in [0.25, 0.3) is 0 Å². The lowest BCUT2D eigenvalue weighted by atomic mass is 10.1. The van der Waals surface area contributed by atoms with E-state index in [1.54, 1.807) is 0 Å². The summed E-state index contributed by atoms with van der Waals surface area (Å²) in [6.07, 6.45) is 13.0. The van der Waals surface area contributed by atoms with Crippen LogP contribution in [0, 0.1) is 6.92 Å². The first-order chi connectivity index (χ1) is 15.2. The van der Waals surface area contributed by atoms with Crippen molar-refractivity contribution in [2.75, 3.05) is 5.32 Å². The summed E-state index contributed by atoms with van der Waals surface area (Å²) in [5.74, 6) is -0.164. The van der Waals surface area contributed by atoms with Gasteiger partial charge >= 0.3 is 0 Å². The van der Waals surface area contributed by atoms with E-state index in [0.29, 0.717) is 6.42 Å². The number of benzene rings is 1. The van der Waals surface area contributed by atoms with Crippen molar-refractivity contribution in [1.82, 2.24) is 10.6 Å². The van der Waals surface area contributed by atoms with E-state index in [4.69, 9.17) is 47.0 Å². The van der Waals surface area contributed by atoms with Gasteiger partial charge in [-0.15, -0.1) is 0 Å². The first kappa shape index (κ1) is 29.3. The minimum atomic E-state index is -1.74. The van der Waals surface area contributed by atoms with Gasteiger partial charge in [-0.2, -0.15) is 0 Å². The molecule has 8 heteroatoms. The largest absolute Gasteiger partial charge is 0.339 e. The van der Waals surface area contributed by atoms with E-state index in [0.717, 1.165) is 30.5 Å². The predicted molar refractivity (Wildman–Crippen MR) is 144 cm³/mol. The summed E-state index contributed by atoms with van der Waals surface area (Å²) in [6, 6.07) is 7.73. The molecule has 0 radical (unpaired) electrons. The van der Waals surface area contributed by atoms with E-state index in [1.807, 2.05) is 31.2 Å². The molecule has 0 aliphatic carbocycles. The number of amides is 1. The summed E-state index contributed by atoms with van der Waals surface area (Å²) < 4.78 is -1.74. The zero-order valence-electron chi connectivity index (χ0n) is 19.3. The third-order valence-electron chi connectivity index (χ3n) is 5.22. The van der Waals surface area contributed by atoms with Crippen LogP contribution in [0.2, 0.25) is 0 Å². The van der Waals surface area contributed by atoms with Gasteiger partial charge in [0.25, 0.3) is 0 Å². The number of alkyl halides is 3. The normalized spacial score (nSPS) is 12.3. The molecular formula is C24H38Cl3N3OS. The Bertz CT molecular complexity index is 665. The Hall–Kier alpha value is -0.750. The van der Waals surface area contributed by atoms with Crippen LogP contribution in [-0.2, 0) is 4.79 Å². The predicted octanol–water partition coefficient (Wildman–Crippen LogP) is 7.80. The molecule has 4 nitrogen and oxygen atoms in total. The Morgan fingerprint density at radius 3 is 1.88 bits per heavy atom. The highest BCUT2D eigenvalue weighted by Crippen LogP contribution is 2.29. The zero-order valence-corrected chi connectivity index (χ0v) is 22.4. The zero-order chi connectivity index (χ0) is 23.8. The van der Waals surface area contributed by atoms with Gasteiger partial charge in [0.05, 0.1) is 0 Å². The van der Waals surface area contributed by atoms with Crippen molar-refractivity contribution >= 4 is 63.7 Å². The van der Waals surface area contributed by atoms with Gasteiger partial charge in [-0.25, -0.2) is 0 Å². The topological polar surface area (TPSA) is 53.2 Å². The van der Waals surface area contributed by atoms with Crippen LogP contribution < -0.4 is 16.0 Å². The summed E-state index contributed by atoms with van der Waals surface area (Å²) >= 11 is 23.5. The van der Waals surface area contributed by atoms with Gasteiger partial charge in [0.2, 0.25) is 9.70 Å². The lowest BCUT2D eigenvalue weighted by Crippen LogP contribution is -2.56. The number of nitrogens with one attached hydrogen (secondary N) is 3. The van der Waals surface area contributed by atoms with Crippen LogP contribution in [0.4, 0.5) is 5.69 Å². The molecule has 0 aliphatic heterocycles. The van der Waals surface area contributed by atoms with E-state index in [9.17, 15) is 4.79 Å². The van der Waals surface area contributed by atoms with Gasteiger partial charge in [-0.3, -0.25) is 4.79 Å². The Morgan fingerprint density at radius 1 is 0.875 bits per heavy atom. The molecule has 0 unspecified atom stereocenters. The lowest BCUT2D eigenvalue weighted by Gasteiger charge is -2.27. The van der Waals surface area contributed by atoms with Crippen LogP contribution in [0.15, 0.2) is 24.3 Å². The number of hydrogen-bond donors (Lipinski definition) is 3. The highest BCUT2D eigenvalue weighted by molar-refractivity contribution is 7.80. The SMILES string of the molecule is CCCCCCCCCCCCCC(=O)N[C@H](NC(=S)Nc1ccc(C)cc1)C(Cl)(Cl)Cl. The van der Waals surface area contributed by atoms with E-state index in [1.165, 1.54) is 51.4 Å². The summed E-state index contributed by atoms with van der Waals surface area (Å²) in [7, 11) is 0. The highest BCUT2D eigenvalue weighted by atomic mass is 35.6. The van der Waals surface area contributed by atoms with Gasteiger partial charge < -0.3 is 16.0 Å². The molecule has 1 atom stereocenters. The number of unbranched alkanes of at least 4 members (excludes halogenated alkanes) is 10. The van der Waals surface area contributed by atoms with E-state index in [-0.39, 0.29) is 11.0 Å². The molecule has 3 N–H and O–H groups in total. The molecule has 0 bridgehead atoms. The molecule has 0 heterocycles. The average Bonchev–Trinajstić information content (AvgIpc) is 2.72. The highest BCUT2D eigenvalue weighted by Gasteiger charge is 2.34. The molecule has 1 aromatic carbocycles. The van der Waals surface area contributed by atoms with Crippen LogP contribution in [-0.4, -0.2) is 21.0 Å². The van der Waals surface area contributed by atoms with Crippen LogP contribution in [0.1, 0.15) is 89.5 Å². The van der Waals surface area contributed by atoms with Crippen molar-refractivity contribution < 1.29 is 4.79 Å². The minimum Gasteiger partial charge on any atom is -0.339 e. The second-order valence-corrected chi connectivity index (χ2v) is 11.1. The molecule has 1 aromatic rings. The standard InChI is InChI=1S/C24H38Cl3N3OS/c1-3-4-5-6-7-8-9-10-11-12-13-14-21(31)29-22(24(25,26)27)30-23(32)28-20-17-15-19(2)16-18-20/h15-18,22H,3-14H2,1-2H3,(H,29,31)(H2,28,30,32)/t22-/m1/s1. The van der Waals surface area contributed by atoms with Crippen molar-refractivity contribution in [3.63, 3.8) is 0 Å². The molecule has 32 heavy (non-hydrogen) atoms. The van der Waals surface area contributed by atoms with Crippen LogP contribution in [0.3, 0.4) is 0 Å². The number of aryl methyl sites for hydroxylation is 1. The number of anilines is 1. The van der Waals surface area contributed by atoms with Crippen molar-refractivity contribution in [3.8, 4) is 0 Å². The molecular weight excluding hydrogens is 485 g/mol. The van der Waals surface area contributed by atoms with Crippen molar-refractivity contribution in [3.05, 3.63) is 29.8 Å². The fourth-order valence-corrected chi connectivity index (χ4v) is 3.88. The number of carbonyl (C=O) groups is 1. The van der Waals surface area contributed by atoms with Gasteiger partial charge in [0.15, 0.2) is 5.11 Å². The molecule has 0 saturated carbocycles. The number of thiocarbonyl (C=S) groups is 1. The van der Waals surface area contributed by atoms with Gasteiger partial charge in [0.1, 0.15) is 6.17 Å². The minimum absolute atomic E-state index is 0.164.